The van der Waals surface area contributed by atoms with Crippen LogP contribution in [0.5, 0.6) is 11.5 Å². The first-order chi connectivity index (χ1) is 16.0. The Bertz CT molecular complexity index is 1100. The first-order valence-electron chi connectivity index (χ1n) is 12.4. The summed E-state index contributed by atoms with van der Waals surface area (Å²) in [4.78, 5) is 16.2. The zero-order valence-corrected chi connectivity index (χ0v) is 19.9. The first kappa shape index (κ1) is 21.2. The van der Waals surface area contributed by atoms with Gasteiger partial charge in [-0.25, -0.2) is 0 Å². The van der Waals surface area contributed by atoms with Crippen molar-refractivity contribution < 1.29 is 19.0 Å². The van der Waals surface area contributed by atoms with Gasteiger partial charge < -0.3 is 14.2 Å². The van der Waals surface area contributed by atoms with Gasteiger partial charge in [-0.05, 0) is 63.3 Å². The Morgan fingerprint density at radius 2 is 1.97 bits per heavy atom. The Morgan fingerprint density at radius 3 is 2.73 bits per heavy atom. The highest BCUT2D eigenvalue weighted by atomic mass is 16.5. The van der Waals surface area contributed by atoms with E-state index in [2.05, 4.69) is 48.2 Å². The predicted octanol–water partition coefficient (Wildman–Crippen LogP) is 4.10. The molecule has 2 aliphatic heterocycles. The molecule has 0 N–H and O–H groups in total. The van der Waals surface area contributed by atoms with Crippen LogP contribution in [0.4, 0.5) is 0 Å². The van der Waals surface area contributed by atoms with E-state index in [1.54, 1.807) is 7.11 Å². The molecule has 4 aliphatic rings. The molecule has 174 valence electrons. The molecular weight excluding hydrogens is 414 g/mol. The van der Waals surface area contributed by atoms with Crippen LogP contribution in [0.1, 0.15) is 49.8 Å². The van der Waals surface area contributed by atoms with E-state index in [9.17, 15) is 4.79 Å². The van der Waals surface area contributed by atoms with Crippen LogP contribution in [-0.2, 0) is 27.8 Å². The van der Waals surface area contributed by atoms with Crippen LogP contribution in [-0.4, -0.2) is 54.7 Å². The molecule has 2 bridgehead atoms. The van der Waals surface area contributed by atoms with Gasteiger partial charge in [0.25, 0.3) is 0 Å². The number of ether oxygens (including phenoxy) is 3. The molecule has 6 rings (SSSR count). The van der Waals surface area contributed by atoms with Crippen LogP contribution in [0.25, 0.3) is 0 Å². The third-order valence-electron chi connectivity index (χ3n) is 9.05. The molecule has 5 nitrogen and oxygen atoms in total. The lowest BCUT2D eigenvalue weighted by Gasteiger charge is -2.66. The SMILES string of the molecule is CCOC12CCC(=O)[C@]3(C)Oc4c(OC)ccc5c4[C@]13CCN(CCc1ccccc1)[C@@H]2C5. The number of rotatable bonds is 6. The van der Waals surface area contributed by atoms with Gasteiger partial charge in [-0.3, -0.25) is 9.69 Å². The van der Waals surface area contributed by atoms with Crippen molar-refractivity contribution in [3.8, 4) is 11.5 Å². The zero-order chi connectivity index (χ0) is 22.8. The number of carbonyl (C=O) groups excluding carboxylic acids is 1. The first-order valence-corrected chi connectivity index (χ1v) is 12.4. The third-order valence-corrected chi connectivity index (χ3v) is 9.05. The topological polar surface area (TPSA) is 48.0 Å². The van der Waals surface area contributed by atoms with Crippen molar-refractivity contribution in [3.63, 3.8) is 0 Å². The summed E-state index contributed by atoms with van der Waals surface area (Å²) < 4.78 is 19.2. The lowest BCUT2D eigenvalue weighted by atomic mass is 9.45. The van der Waals surface area contributed by atoms with E-state index in [1.807, 2.05) is 13.0 Å². The minimum atomic E-state index is -0.920. The van der Waals surface area contributed by atoms with Gasteiger partial charge in [0.05, 0.1) is 18.1 Å². The van der Waals surface area contributed by atoms with E-state index >= 15 is 0 Å². The molecule has 33 heavy (non-hydrogen) atoms. The van der Waals surface area contributed by atoms with Crippen LogP contribution in [0, 0.1) is 0 Å². The number of methoxy groups -OCH3 is 1. The number of carbonyl (C=O) groups is 1. The smallest absolute Gasteiger partial charge is 0.177 e. The summed E-state index contributed by atoms with van der Waals surface area (Å²) in [5.74, 6) is 1.69. The fourth-order valence-electron chi connectivity index (χ4n) is 7.72. The van der Waals surface area contributed by atoms with Gasteiger partial charge in [-0.1, -0.05) is 36.4 Å². The number of ketones is 1. The van der Waals surface area contributed by atoms with Gasteiger partial charge in [0, 0.05) is 31.2 Å². The molecule has 2 fully saturated rings. The van der Waals surface area contributed by atoms with Gasteiger partial charge in [-0.2, -0.15) is 0 Å². The molecule has 4 atom stereocenters. The Kier molecular flexibility index (Phi) is 4.69. The quantitative estimate of drug-likeness (QED) is 0.667. The molecular formula is C28H33NO4. The Balaban J connectivity index is 1.50. The van der Waals surface area contributed by atoms with Crippen molar-refractivity contribution in [2.24, 2.45) is 0 Å². The summed E-state index contributed by atoms with van der Waals surface area (Å²) in [6, 6.07) is 15.1. The normalized spacial score (nSPS) is 34.0. The van der Waals surface area contributed by atoms with Crippen molar-refractivity contribution in [2.45, 2.75) is 68.6 Å². The summed E-state index contributed by atoms with van der Waals surface area (Å²) in [7, 11) is 1.68. The second kappa shape index (κ2) is 7.31. The molecule has 1 saturated carbocycles. The highest BCUT2D eigenvalue weighted by Crippen LogP contribution is 2.69. The largest absolute Gasteiger partial charge is 0.493 e. The van der Waals surface area contributed by atoms with Gasteiger partial charge in [0.2, 0.25) is 0 Å². The number of hydrogen-bond acceptors (Lipinski definition) is 5. The van der Waals surface area contributed by atoms with Crippen LogP contribution < -0.4 is 9.47 Å². The highest BCUT2D eigenvalue weighted by molar-refractivity contribution is 5.94. The number of benzene rings is 2. The number of piperidine rings is 1. The fraction of sp³-hybridized carbons (Fsp3) is 0.536. The summed E-state index contributed by atoms with van der Waals surface area (Å²) in [5.41, 5.74) is 2.00. The average molecular weight is 448 g/mol. The molecule has 2 aromatic rings. The minimum absolute atomic E-state index is 0.195. The number of nitrogens with zero attached hydrogens (tertiary/aromatic N) is 1. The summed E-state index contributed by atoms with van der Waals surface area (Å²) >= 11 is 0. The summed E-state index contributed by atoms with van der Waals surface area (Å²) in [5, 5.41) is 0. The fourth-order valence-corrected chi connectivity index (χ4v) is 7.72. The maximum absolute atomic E-state index is 13.5. The Morgan fingerprint density at radius 1 is 1.15 bits per heavy atom. The summed E-state index contributed by atoms with van der Waals surface area (Å²) in [6.07, 6.45) is 4.03. The van der Waals surface area contributed by atoms with Crippen LogP contribution in [0.15, 0.2) is 42.5 Å². The Labute approximate surface area is 196 Å². The van der Waals surface area contributed by atoms with Crippen molar-refractivity contribution in [1.82, 2.24) is 4.90 Å². The van der Waals surface area contributed by atoms with Crippen molar-refractivity contribution in [3.05, 3.63) is 59.2 Å². The van der Waals surface area contributed by atoms with Gasteiger partial charge in [0.1, 0.15) is 0 Å². The van der Waals surface area contributed by atoms with Crippen molar-refractivity contribution in [2.75, 3.05) is 26.8 Å². The molecule has 5 heteroatoms. The number of hydrogen-bond donors (Lipinski definition) is 0. The van der Waals surface area contributed by atoms with E-state index in [-0.39, 0.29) is 11.8 Å². The molecule has 1 spiro atoms. The molecule has 0 amide bonds. The lowest BCUT2D eigenvalue weighted by molar-refractivity contribution is -0.229. The second-order valence-corrected chi connectivity index (χ2v) is 10.2. The van der Waals surface area contributed by atoms with Crippen LogP contribution in [0.3, 0.4) is 0 Å². The zero-order valence-electron chi connectivity index (χ0n) is 19.9. The minimum Gasteiger partial charge on any atom is -0.493 e. The van der Waals surface area contributed by atoms with Crippen LogP contribution in [0.2, 0.25) is 0 Å². The van der Waals surface area contributed by atoms with Gasteiger partial charge in [-0.15, -0.1) is 0 Å². The molecule has 1 saturated heterocycles. The van der Waals surface area contributed by atoms with Crippen LogP contribution >= 0.6 is 0 Å². The predicted molar refractivity (Wildman–Crippen MR) is 126 cm³/mol. The Hall–Kier alpha value is -2.37. The van der Waals surface area contributed by atoms with E-state index in [0.717, 1.165) is 50.3 Å². The monoisotopic (exact) mass is 447 g/mol. The molecule has 2 aromatic carbocycles. The highest BCUT2D eigenvalue weighted by Gasteiger charge is 2.78. The maximum Gasteiger partial charge on any atom is 0.177 e. The molecule has 0 aromatic heterocycles. The lowest BCUT2D eigenvalue weighted by Crippen LogP contribution is -2.80. The maximum atomic E-state index is 13.5. The average Bonchev–Trinajstić information content (AvgIpc) is 3.11. The molecule has 2 aliphatic carbocycles. The number of likely N-dealkylation sites (tertiary alicyclic amines) is 1. The van der Waals surface area contributed by atoms with Crippen molar-refractivity contribution >= 4 is 5.78 Å². The van der Waals surface area contributed by atoms with Gasteiger partial charge >= 0.3 is 0 Å². The van der Waals surface area contributed by atoms with E-state index in [0.29, 0.717) is 13.0 Å². The van der Waals surface area contributed by atoms with E-state index in [4.69, 9.17) is 14.2 Å². The molecule has 0 radical (unpaired) electrons. The standard InChI is InChI=1S/C28H33NO4/c1-4-32-28-14-12-23(30)26(2)27(28)15-17-29(16-13-19-8-6-5-7-9-19)22(28)18-20-10-11-21(31-3)25(33-26)24(20)27/h5-11,22H,4,12-18H2,1-3H3/t22-,26+,27+,28?/m1/s1. The third kappa shape index (κ3) is 2.53. The summed E-state index contributed by atoms with van der Waals surface area (Å²) in [6.45, 7) is 6.66. The number of Topliss-reactive ketones (excluding diaryl/α,β-unsaturated/α-hetero) is 1. The van der Waals surface area contributed by atoms with E-state index < -0.39 is 16.6 Å². The molecule has 2 heterocycles. The van der Waals surface area contributed by atoms with Gasteiger partial charge in [0.15, 0.2) is 22.9 Å². The molecule has 1 unspecified atom stereocenters. The second-order valence-electron chi connectivity index (χ2n) is 10.2. The van der Waals surface area contributed by atoms with E-state index in [1.165, 1.54) is 16.7 Å². The van der Waals surface area contributed by atoms with Crippen molar-refractivity contribution in [1.29, 1.82) is 0 Å².